The lowest BCUT2D eigenvalue weighted by molar-refractivity contribution is -0.945. The van der Waals surface area contributed by atoms with E-state index in [4.69, 9.17) is 4.74 Å². The van der Waals surface area contributed by atoms with Gasteiger partial charge >= 0.3 is 0 Å². The molecule has 2 aliphatic heterocycles. The summed E-state index contributed by atoms with van der Waals surface area (Å²) in [6, 6.07) is 0.323. The van der Waals surface area contributed by atoms with E-state index in [9.17, 15) is 5.11 Å². The SMILES string of the molecule is C[N+]1(C2CCCOC2O)CCCCC1.[I-]. The molecule has 0 aliphatic carbocycles. The average molecular weight is 327 g/mol. The molecule has 2 rings (SSSR count). The largest absolute Gasteiger partial charge is 1.00 e. The third-order valence-corrected chi connectivity index (χ3v) is 3.90. The topological polar surface area (TPSA) is 29.5 Å². The summed E-state index contributed by atoms with van der Waals surface area (Å²) in [5, 5.41) is 9.85. The average Bonchev–Trinajstić information content (AvgIpc) is 2.19. The number of halogens is 1. The van der Waals surface area contributed by atoms with E-state index in [-0.39, 0.29) is 24.0 Å². The maximum absolute atomic E-state index is 9.85. The van der Waals surface area contributed by atoms with E-state index >= 15 is 0 Å². The van der Waals surface area contributed by atoms with Crippen LogP contribution in [0, 0.1) is 0 Å². The van der Waals surface area contributed by atoms with Gasteiger partial charge in [-0.3, -0.25) is 0 Å². The van der Waals surface area contributed by atoms with E-state index in [1.54, 1.807) is 0 Å². The van der Waals surface area contributed by atoms with Crippen LogP contribution in [0.5, 0.6) is 0 Å². The lowest BCUT2D eigenvalue weighted by Gasteiger charge is -2.47. The molecule has 0 aromatic rings. The van der Waals surface area contributed by atoms with Crippen LogP contribution in [0.2, 0.25) is 0 Å². The minimum absolute atomic E-state index is 0. The first-order valence-electron chi connectivity index (χ1n) is 5.86. The minimum Gasteiger partial charge on any atom is -1.00 e. The van der Waals surface area contributed by atoms with E-state index in [2.05, 4.69) is 7.05 Å². The highest BCUT2D eigenvalue weighted by Crippen LogP contribution is 2.27. The van der Waals surface area contributed by atoms with Crippen LogP contribution < -0.4 is 24.0 Å². The Hall–Kier alpha value is 0.610. The number of likely N-dealkylation sites (tertiary alicyclic amines) is 1. The van der Waals surface area contributed by atoms with Crippen molar-refractivity contribution < 1.29 is 38.3 Å². The molecule has 1 N–H and O–H groups in total. The maximum atomic E-state index is 9.85. The van der Waals surface area contributed by atoms with Gasteiger partial charge in [0.1, 0.15) is 6.04 Å². The van der Waals surface area contributed by atoms with Crippen molar-refractivity contribution in [3.05, 3.63) is 0 Å². The first kappa shape index (κ1) is 13.7. The van der Waals surface area contributed by atoms with Crippen LogP contribution in [0.3, 0.4) is 0 Å². The van der Waals surface area contributed by atoms with Crippen molar-refractivity contribution in [3.63, 3.8) is 0 Å². The molecule has 0 aromatic heterocycles. The summed E-state index contributed by atoms with van der Waals surface area (Å²) in [6.45, 7) is 3.16. The van der Waals surface area contributed by atoms with Gasteiger partial charge in [-0.25, -0.2) is 0 Å². The molecule has 3 nitrogen and oxygen atoms in total. The first-order valence-corrected chi connectivity index (χ1v) is 5.86. The van der Waals surface area contributed by atoms with Gasteiger partial charge in [-0.2, -0.15) is 0 Å². The van der Waals surface area contributed by atoms with Crippen molar-refractivity contribution >= 4 is 0 Å². The number of ether oxygens (including phenoxy) is 1. The zero-order valence-electron chi connectivity index (χ0n) is 9.49. The van der Waals surface area contributed by atoms with E-state index in [1.165, 1.54) is 32.4 Å². The van der Waals surface area contributed by atoms with Crippen LogP contribution in [0.1, 0.15) is 32.1 Å². The Bertz CT molecular complexity index is 195. The third-order valence-electron chi connectivity index (χ3n) is 3.90. The number of hydrogen-bond donors (Lipinski definition) is 1. The van der Waals surface area contributed by atoms with Gasteiger partial charge in [0.05, 0.1) is 26.7 Å². The summed E-state index contributed by atoms with van der Waals surface area (Å²) < 4.78 is 6.38. The van der Waals surface area contributed by atoms with Gasteiger partial charge in [0, 0.05) is 6.42 Å². The molecule has 2 aliphatic rings. The fourth-order valence-electron chi connectivity index (χ4n) is 2.94. The van der Waals surface area contributed by atoms with Crippen LogP contribution in [-0.4, -0.2) is 48.7 Å². The molecule has 4 heteroatoms. The molecule has 0 bridgehead atoms. The zero-order valence-corrected chi connectivity index (χ0v) is 11.6. The number of piperidine rings is 1. The van der Waals surface area contributed by atoms with Gasteiger partial charge in [-0.15, -0.1) is 0 Å². The Labute approximate surface area is 109 Å². The Morgan fingerprint density at radius 3 is 2.40 bits per heavy atom. The summed E-state index contributed by atoms with van der Waals surface area (Å²) in [5.74, 6) is 0. The number of hydrogen-bond acceptors (Lipinski definition) is 2. The van der Waals surface area contributed by atoms with Crippen LogP contribution >= 0.6 is 0 Å². The Balaban J connectivity index is 0.00000112. The number of likely N-dealkylation sites (N-methyl/N-ethyl adjacent to an activating group) is 1. The van der Waals surface area contributed by atoms with Crippen molar-refractivity contribution in [2.45, 2.75) is 44.4 Å². The molecule has 0 aromatic carbocycles. The predicted octanol–water partition coefficient (Wildman–Crippen LogP) is -1.88. The monoisotopic (exact) mass is 327 g/mol. The van der Waals surface area contributed by atoms with Gasteiger partial charge in [0.2, 0.25) is 6.29 Å². The summed E-state index contributed by atoms with van der Waals surface area (Å²) >= 11 is 0. The summed E-state index contributed by atoms with van der Waals surface area (Å²) in [5.41, 5.74) is 0. The lowest BCUT2D eigenvalue weighted by Crippen LogP contribution is -3.00. The Morgan fingerprint density at radius 2 is 1.80 bits per heavy atom. The number of aliphatic hydroxyl groups excluding tert-OH is 1. The Kier molecular flexibility index (Phi) is 5.28. The third kappa shape index (κ3) is 3.05. The number of rotatable bonds is 1. The number of nitrogens with zero attached hydrogens (tertiary/aromatic N) is 1. The predicted molar refractivity (Wildman–Crippen MR) is 54.8 cm³/mol. The fraction of sp³-hybridized carbons (Fsp3) is 1.00. The van der Waals surface area contributed by atoms with Crippen LogP contribution in [-0.2, 0) is 4.74 Å². The molecule has 0 spiro atoms. The summed E-state index contributed by atoms with van der Waals surface area (Å²) in [6.07, 6.45) is 5.68. The van der Waals surface area contributed by atoms with Crippen molar-refractivity contribution in [2.75, 3.05) is 26.7 Å². The van der Waals surface area contributed by atoms with Gasteiger partial charge in [0.25, 0.3) is 0 Å². The van der Waals surface area contributed by atoms with Crippen LogP contribution in [0.25, 0.3) is 0 Å². The quantitative estimate of drug-likeness (QED) is 0.451. The van der Waals surface area contributed by atoms with Crippen molar-refractivity contribution in [3.8, 4) is 0 Å². The summed E-state index contributed by atoms with van der Waals surface area (Å²) in [4.78, 5) is 0. The second-order valence-corrected chi connectivity index (χ2v) is 4.96. The van der Waals surface area contributed by atoms with Gasteiger partial charge in [-0.1, -0.05) is 0 Å². The van der Waals surface area contributed by atoms with E-state index in [1.807, 2.05) is 0 Å². The van der Waals surface area contributed by atoms with Gasteiger partial charge < -0.3 is 38.3 Å². The molecule has 2 unspecified atom stereocenters. The second-order valence-electron chi connectivity index (χ2n) is 4.96. The molecule has 2 fully saturated rings. The van der Waals surface area contributed by atoms with Crippen molar-refractivity contribution in [1.29, 1.82) is 0 Å². The second kappa shape index (κ2) is 5.80. The number of aliphatic hydroxyl groups is 1. The highest BCUT2D eigenvalue weighted by Gasteiger charge is 2.40. The first-order chi connectivity index (χ1) is 6.72. The maximum Gasteiger partial charge on any atom is 0.208 e. The standard InChI is InChI=1S/C11H22NO2.HI/c1-12(7-3-2-4-8-12)10-6-5-9-14-11(10)13;/h10-11,13H,2-9H2,1H3;1H/q+1;/p-1. The van der Waals surface area contributed by atoms with Crippen LogP contribution in [0.4, 0.5) is 0 Å². The Morgan fingerprint density at radius 1 is 1.13 bits per heavy atom. The lowest BCUT2D eigenvalue weighted by atomic mass is 9.99. The molecule has 0 radical (unpaired) electrons. The van der Waals surface area contributed by atoms with E-state index in [0.29, 0.717) is 6.04 Å². The zero-order chi connectivity index (χ0) is 10.0. The number of quaternary nitrogens is 1. The van der Waals surface area contributed by atoms with E-state index in [0.717, 1.165) is 23.9 Å². The van der Waals surface area contributed by atoms with Crippen molar-refractivity contribution in [2.24, 2.45) is 0 Å². The fourth-order valence-corrected chi connectivity index (χ4v) is 2.94. The summed E-state index contributed by atoms with van der Waals surface area (Å²) in [7, 11) is 2.28. The van der Waals surface area contributed by atoms with E-state index < -0.39 is 6.29 Å². The molecule has 2 saturated heterocycles. The molecule has 2 heterocycles. The molecule has 0 saturated carbocycles. The molecule has 2 atom stereocenters. The minimum atomic E-state index is -0.521. The normalized spacial score (nSPS) is 35.6. The molecule has 15 heavy (non-hydrogen) atoms. The highest BCUT2D eigenvalue weighted by atomic mass is 127. The van der Waals surface area contributed by atoms with Crippen molar-refractivity contribution in [1.82, 2.24) is 0 Å². The molecular weight excluding hydrogens is 305 g/mol. The molecule has 0 amide bonds. The van der Waals surface area contributed by atoms with Gasteiger partial charge in [-0.05, 0) is 25.7 Å². The smallest absolute Gasteiger partial charge is 0.208 e. The van der Waals surface area contributed by atoms with Gasteiger partial charge in [0.15, 0.2) is 0 Å². The highest BCUT2D eigenvalue weighted by molar-refractivity contribution is 4.69. The van der Waals surface area contributed by atoms with Crippen LogP contribution in [0.15, 0.2) is 0 Å². The molecule has 90 valence electrons. The molecular formula is C11H22INO2.